The molecule has 2 rings (SSSR count). The van der Waals surface area contributed by atoms with Crippen LogP contribution in [-0.2, 0) is 5.41 Å². The zero-order valence-corrected chi connectivity index (χ0v) is 12.0. The van der Waals surface area contributed by atoms with Crippen molar-refractivity contribution in [3.63, 3.8) is 0 Å². The summed E-state index contributed by atoms with van der Waals surface area (Å²) in [4.78, 5) is 5.53. The molecule has 5 heteroatoms. The highest BCUT2D eigenvalue weighted by molar-refractivity contribution is 7.71. The molecular formula is C12H22N4S. The number of H-pyrrole nitrogens is 1. The SMILES string of the molecule is CN1CCN(n2c(C(C)(C)C)c[nH]c2=S)CC1. The molecule has 1 aliphatic rings. The topological polar surface area (TPSA) is 27.2 Å². The van der Waals surface area contributed by atoms with Crippen molar-refractivity contribution in [2.45, 2.75) is 26.2 Å². The van der Waals surface area contributed by atoms with E-state index in [-0.39, 0.29) is 5.41 Å². The standard InChI is InChI=1S/C12H22N4S/c1-12(2,3)10-9-13-11(17)16(10)15-7-5-14(4)6-8-15/h9H,5-8H2,1-4H3,(H,13,17). The van der Waals surface area contributed by atoms with Crippen molar-refractivity contribution >= 4 is 12.2 Å². The van der Waals surface area contributed by atoms with Gasteiger partial charge in [0.2, 0.25) is 0 Å². The molecular weight excluding hydrogens is 232 g/mol. The predicted molar refractivity (Wildman–Crippen MR) is 73.8 cm³/mol. The molecule has 4 nitrogen and oxygen atoms in total. The Bertz CT molecular complexity index is 432. The van der Waals surface area contributed by atoms with Crippen LogP contribution in [-0.4, -0.2) is 47.8 Å². The van der Waals surface area contributed by atoms with Crippen LogP contribution in [0.5, 0.6) is 0 Å². The maximum Gasteiger partial charge on any atom is 0.196 e. The molecule has 96 valence electrons. The summed E-state index contributed by atoms with van der Waals surface area (Å²) < 4.78 is 2.99. The molecule has 0 saturated carbocycles. The average molecular weight is 254 g/mol. The van der Waals surface area contributed by atoms with Gasteiger partial charge in [0.1, 0.15) is 0 Å². The fraction of sp³-hybridized carbons (Fsp3) is 0.750. The number of nitrogens with one attached hydrogen (secondary N) is 1. The molecule has 1 saturated heterocycles. The van der Waals surface area contributed by atoms with E-state index < -0.39 is 0 Å². The number of imidazole rings is 1. The number of likely N-dealkylation sites (N-methyl/N-ethyl adjacent to an activating group) is 1. The molecule has 1 aromatic rings. The van der Waals surface area contributed by atoms with Crippen LogP contribution < -0.4 is 5.01 Å². The van der Waals surface area contributed by atoms with Gasteiger partial charge in [0, 0.05) is 37.8 Å². The van der Waals surface area contributed by atoms with E-state index in [1.54, 1.807) is 0 Å². The Hall–Kier alpha value is -0.810. The third-order valence-electron chi connectivity index (χ3n) is 3.28. The zero-order chi connectivity index (χ0) is 12.6. The van der Waals surface area contributed by atoms with E-state index in [4.69, 9.17) is 12.2 Å². The normalized spacial score (nSPS) is 18.7. The van der Waals surface area contributed by atoms with Crippen LogP contribution >= 0.6 is 12.2 Å². The van der Waals surface area contributed by atoms with Crippen LogP contribution in [0.4, 0.5) is 0 Å². The van der Waals surface area contributed by atoms with Crippen molar-refractivity contribution < 1.29 is 0 Å². The van der Waals surface area contributed by atoms with Gasteiger partial charge in [-0.1, -0.05) is 20.8 Å². The molecule has 1 aromatic heterocycles. The molecule has 1 fully saturated rings. The molecule has 0 spiro atoms. The van der Waals surface area contributed by atoms with E-state index >= 15 is 0 Å². The van der Waals surface area contributed by atoms with Crippen LogP contribution in [0, 0.1) is 4.77 Å². The first-order chi connectivity index (χ1) is 7.89. The summed E-state index contributed by atoms with van der Waals surface area (Å²) in [6.45, 7) is 10.9. The first kappa shape index (κ1) is 12.6. The van der Waals surface area contributed by atoms with E-state index in [0.29, 0.717) is 0 Å². The average Bonchev–Trinajstić information content (AvgIpc) is 2.61. The van der Waals surface area contributed by atoms with E-state index in [0.717, 1.165) is 31.0 Å². The number of nitrogens with zero attached hydrogens (tertiary/aromatic N) is 3. The summed E-state index contributed by atoms with van der Waals surface area (Å²) in [6.07, 6.45) is 2.04. The molecule has 0 atom stereocenters. The van der Waals surface area contributed by atoms with E-state index in [9.17, 15) is 0 Å². The lowest BCUT2D eigenvalue weighted by molar-refractivity contribution is 0.282. The van der Waals surface area contributed by atoms with Crippen LogP contribution in [0.3, 0.4) is 0 Å². The Labute approximate surface area is 108 Å². The van der Waals surface area contributed by atoms with Gasteiger partial charge in [-0.25, -0.2) is 4.68 Å². The van der Waals surface area contributed by atoms with Gasteiger partial charge < -0.3 is 14.9 Å². The molecule has 2 heterocycles. The van der Waals surface area contributed by atoms with Crippen molar-refractivity contribution in [3.05, 3.63) is 16.7 Å². The minimum absolute atomic E-state index is 0.108. The first-order valence-electron chi connectivity index (χ1n) is 6.14. The summed E-state index contributed by atoms with van der Waals surface area (Å²) in [5, 5.41) is 2.35. The lowest BCUT2D eigenvalue weighted by Crippen LogP contribution is -2.51. The van der Waals surface area contributed by atoms with Gasteiger partial charge in [-0.05, 0) is 19.3 Å². The number of rotatable bonds is 1. The van der Waals surface area contributed by atoms with Crippen molar-refractivity contribution in [2.75, 3.05) is 38.2 Å². The molecule has 0 aromatic carbocycles. The van der Waals surface area contributed by atoms with Gasteiger partial charge in [0.15, 0.2) is 4.77 Å². The molecule has 0 aliphatic carbocycles. The molecule has 0 unspecified atom stereocenters. The third-order valence-corrected chi connectivity index (χ3v) is 3.57. The number of aromatic amines is 1. The molecule has 0 bridgehead atoms. The van der Waals surface area contributed by atoms with Crippen LogP contribution in [0.15, 0.2) is 6.20 Å². The van der Waals surface area contributed by atoms with Gasteiger partial charge in [-0.3, -0.25) is 0 Å². The predicted octanol–water partition coefficient (Wildman–Crippen LogP) is 1.73. The van der Waals surface area contributed by atoms with Gasteiger partial charge >= 0.3 is 0 Å². The smallest absolute Gasteiger partial charge is 0.196 e. The molecule has 0 radical (unpaired) electrons. The van der Waals surface area contributed by atoms with Gasteiger partial charge in [0.05, 0.1) is 5.69 Å². The van der Waals surface area contributed by atoms with Gasteiger partial charge in [-0.2, -0.15) is 0 Å². The highest BCUT2D eigenvalue weighted by atomic mass is 32.1. The number of hydrogen-bond donors (Lipinski definition) is 1. The molecule has 17 heavy (non-hydrogen) atoms. The lowest BCUT2D eigenvalue weighted by atomic mass is 9.93. The number of piperazine rings is 1. The minimum Gasteiger partial charge on any atom is -0.336 e. The summed E-state index contributed by atoms with van der Waals surface area (Å²) in [6, 6.07) is 0. The van der Waals surface area contributed by atoms with E-state index in [1.165, 1.54) is 5.69 Å². The molecule has 0 amide bonds. The Morgan fingerprint density at radius 2 is 1.76 bits per heavy atom. The van der Waals surface area contributed by atoms with Gasteiger partial charge in [0.25, 0.3) is 0 Å². The lowest BCUT2D eigenvalue weighted by Gasteiger charge is -2.37. The maximum atomic E-state index is 5.40. The first-order valence-corrected chi connectivity index (χ1v) is 6.55. The Morgan fingerprint density at radius 3 is 2.29 bits per heavy atom. The Balaban J connectivity index is 2.32. The highest BCUT2D eigenvalue weighted by Crippen LogP contribution is 2.22. The second-order valence-electron chi connectivity index (χ2n) is 5.80. The van der Waals surface area contributed by atoms with Crippen molar-refractivity contribution in [1.29, 1.82) is 0 Å². The summed E-state index contributed by atoms with van der Waals surface area (Å²) in [7, 11) is 2.17. The van der Waals surface area contributed by atoms with Crippen molar-refractivity contribution in [1.82, 2.24) is 14.6 Å². The summed E-state index contributed by atoms with van der Waals surface area (Å²) in [5.74, 6) is 0. The van der Waals surface area contributed by atoms with E-state index in [2.05, 4.69) is 47.4 Å². The second kappa shape index (κ2) is 4.46. The highest BCUT2D eigenvalue weighted by Gasteiger charge is 2.24. The number of aromatic nitrogens is 2. The largest absolute Gasteiger partial charge is 0.336 e. The quantitative estimate of drug-likeness (QED) is 0.773. The summed E-state index contributed by atoms with van der Waals surface area (Å²) in [5.41, 5.74) is 1.36. The fourth-order valence-electron chi connectivity index (χ4n) is 2.17. The van der Waals surface area contributed by atoms with Gasteiger partial charge in [-0.15, -0.1) is 0 Å². The van der Waals surface area contributed by atoms with Crippen molar-refractivity contribution in [3.8, 4) is 0 Å². The second-order valence-corrected chi connectivity index (χ2v) is 6.18. The molecule has 1 N–H and O–H groups in total. The van der Waals surface area contributed by atoms with Crippen LogP contribution in [0.25, 0.3) is 0 Å². The van der Waals surface area contributed by atoms with Crippen LogP contribution in [0.1, 0.15) is 26.5 Å². The Morgan fingerprint density at radius 1 is 1.18 bits per heavy atom. The monoisotopic (exact) mass is 254 g/mol. The maximum absolute atomic E-state index is 5.40. The number of hydrogen-bond acceptors (Lipinski definition) is 3. The minimum atomic E-state index is 0.108. The Kier molecular flexibility index (Phi) is 3.32. The van der Waals surface area contributed by atoms with E-state index in [1.807, 2.05) is 6.20 Å². The summed E-state index contributed by atoms with van der Waals surface area (Å²) >= 11 is 5.40. The fourth-order valence-corrected chi connectivity index (χ4v) is 2.45. The third kappa shape index (κ3) is 2.55. The van der Waals surface area contributed by atoms with Crippen LogP contribution in [0.2, 0.25) is 0 Å². The van der Waals surface area contributed by atoms with Crippen molar-refractivity contribution in [2.24, 2.45) is 0 Å². The molecule has 1 aliphatic heterocycles. The zero-order valence-electron chi connectivity index (χ0n) is 11.2.